The minimum atomic E-state index is -1.20. The van der Waals surface area contributed by atoms with E-state index in [0.29, 0.717) is 11.3 Å². The van der Waals surface area contributed by atoms with Crippen LogP contribution in [-0.4, -0.2) is 65.2 Å². The van der Waals surface area contributed by atoms with Gasteiger partial charge in [0.05, 0.1) is 0 Å². The minimum absolute atomic E-state index is 0.0651. The average Bonchev–Trinajstić information content (AvgIpc) is 2.95. The van der Waals surface area contributed by atoms with E-state index >= 15 is 0 Å². The molecule has 1 unspecified atom stereocenters. The number of nitrogens with two attached hydrogens (primary N) is 1. The van der Waals surface area contributed by atoms with E-state index in [1.807, 2.05) is 0 Å². The van der Waals surface area contributed by atoms with E-state index in [0.717, 1.165) is 4.80 Å². The van der Waals surface area contributed by atoms with Crippen molar-refractivity contribution in [1.82, 2.24) is 30.4 Å². The number of β-lactam (4-membered cyclic amide) rings is 1. The molecule has 126 valence electrons. The summed E-state index contributed by atoms with van der Waals surface area (Å²) in [6.07, 6.45) is 1.42. The molecule has 4 N–H and O–H groups in total. The Morgan fingerprint density at radius 1 is 1.54 bits per heavy atom. The summed E-state index contributed by atoms with van der Waals surface area (Å²) in [6, 6.07) is -0.802. The van der Waals surface area contributed by atoms with Gasteiger partial charge in [0, 0.05) is 5.75 Å². The third-order valence-corrected chi connectivity index (χ3v) is 4.82. The van der Waals surface area contributed by atoms with E-state index in [1.165, 1.54) is 22.7 Å². The van der Waals surface area contributed by atoms with Gasteiger partial charge in [-0.2, -0.15) is 4.80 Å². The van der Waals surface area contributed by atoms with Gasteiger partial charge in [0.1, 0.15) is 23.7 Å². The number of anilines is 1. The van der Waals surface area contributed by atoms with Gasteiger partial charge in [0.25, 0.3) is 11.9 Å². The molecule has 12 heteroatoms. The topological polar surface area (TPSA) is 156 Å². The molecule has 2 aliphatic heterocycles. The lowest BCUT2D eigenvalue weighted by Crippen LogP contribution is -2.70. The van der Waals surface area contributed by atoms with Crippen molar-refractivity contribution in [2.45, 2.75) is 18.0 Å². The number of fused-ring (bicyclic) bond motifs is 1. The van der Waals surface area contributed by atoms with Crippen LogP contribution in [-0.2, 0) is 20.9 Å². The Kier molecular flexibility index (Phi) is 3.97. The molecule has 11 nitrogen and oxygen atoms in total. The summed E-state index contributed by atoms with van der Waals surface area (Å²) < 4.78 is 0. The zero-order valence-corrected chi connectivity index (χ0v) is 13.1. The van der Waals surface area contributed by atoms with Gasteiger partial charge in [-0.05, 0) is 10.8 Å². The average molecular weight is 351 g/mol. The lowest BCUT2D eigenvalue weighted by Gasteiger charge is -2.49. The van der Waals surface area contributed by atoms with Crippen molar-refractivity contribution in [2.75, 3.05) is 11.5 Å². The molecule has 1 saturated heterocycles. The van der Waals surface area contributed by atoms with Gasteiger partial charge in [-0.25, -0.2) is 4.79 Å². The second-order valence-electron chi connectivity index (χ2n) is 5.02. The molecule has 3 heterocycles. The molecule has 0 spiro atoms. The quantitative estimate of drug-likeness (QED) is 0.520. The number of aromatic nitrogens is 4. The predicted octanol–water partition coefficient (Wildman–Crippen LogP) is -1.82. The molecule has 0 aliphatic carbocycles. The van der Waals surface area contributed by atoms with Crippen LogP contribution >= 0.6 is 11.8 Å². The number of hydrogen-bond acceptors (Lipinski definition) is 8. The summed E-state index contributed by atoms with van der Waals surface area (Å²) in [6.45, 7) is 3.32. The first-order valence-corrected chi connectivity index (χ1v) is 7.83. The molecular weight excluding hydrogens is 338 g/mol. The van der Waals surface area contributed by atoms with Gasteiger partial charge in [-0.3, -0.25) is 14.5 Å². The van der Waals surface area contributed by atoms with Gasteiger partial charge in [-0.1, -0.05) is 17.8 Å². The summed E-state index contributed by atoms with van der Waals surface area (Å²) in [4.78, 5) is 37.8. The van der Waals surface area contributed by atoms with Gasteiger partial charge in [-0.15, -0.1) is 16.9 Å². The zero-order chi connectivity index (χ0) is 17.4. The second-order valence-corrected chi connectivity index (χ2v) is 6.12. The molecular formula is C12H13N7O4S. The number of amides is 2. The van der Waals surface area contributed by atoms with Crippen molar-refractivity contribution < 1.29 is 19.5 Å². The third-order valence-electron chi connectivity index (χ3n) is 3.52. The third kappa shape index (κ3) is 2.60. The molecule has 0 bridgehead atoms. The van der Waals surface area contributed by atoms with Crippen molar-refractivity contribution in [3.63, 3.8) is 0 Å². The molecule has 1 aromatic heterocycles. The fourth-order valence-corrected chi connectivity index (χ4v) is 3.81. The van der Waals surface area contributed by atoms with E-state index in [9.17, 15) is 19.5 Å². The summed E-state index contributed by atoms with van der Waals surface area (Å²) in [5.41, 5.74) is 5.69. The molecule has 24 heavy (non-hydrogen) atoms. The van der Waals surface area contributed by atoms with Gasteiger partial charge in [0.2, 0.25) is 5.91 Å². The van der Waals surface area contributed by atoms with Crippen LogP contribution in [0, 0.1) is 0 Å². The van der Waals surface area contributed by atoms with Crippen molar-refractivity contribution in [2.24, 2.45) is 0 Å². The van der Waals surface area contributed by atoms with E-state index < -0.39 is 29.2 Å². The maximum atomic E-state index is 12.3. The Bertz CT molecular complexity index is 773. The lowest BCUT2D eigenvalue weighted by atomic mass is 10.0. The molecule has 0 aromatic carbocycles. The number of carboxylic acid groups (broad SMARTS) is 1. The van der Waals surface area contributed by atoms with Crippen LogP contribution in [0.2, 0.25) is 0 Å². The molecule has 2 aliphatic rings. The monoisotopic (exact) mass is 351 g/mol. The van der Waals surface area contributed by atoms with E-state index in [1.54, 1.807) is 0 Å². The Hall–Kier alpha value is -2.89. The Balaban J connectivity index is 1.69. The fraction of sp³-hybridized carbons (Fsp3) is 0.333. The maximum absolute atomic E-state index is 12.3. The van der Waals surface area contributed by atoms with Gasteiger partial charge in [0.15, 0.2) is 0 Å². The molecule has 1 aromatic rings. The Morgan fingerprint density at radius 3 is 2.88 bits per heavy atom. The number of aliphatic carboxylic acids is 1. The number of hydrogen-bond donors (Lipinski definition) is 3. The summed E-state index contributed by atoms with van der Waals surface area (Å²) in [7, 11) is 0. The second kappa shape index (κ2) is 5.96. The van der Waals surface area contributed by atoms with Crippen LogP contribution in [0.3, 0.4) is 0 Å². The molecule has 3 rings (SSSR count). The standard InChI is InChI=1S/C12H13N7O4S/c1-2-5-4-24-10-7(9(21)19(10)8(5)11(22)23)14-6(20)3-18-16-12(13)15-17-18/h2,7,10H,1,3-4H2,(H2,13,16)(H,14,20)(H,22,23)/t7?,10-/m1/s1. The number of carbonyl (C=O) groups excluding carboxylic acids is 2. The van der Waals surface area contributed by atoms with Gasteiger partial charge >= 0.3 is 5.97 Å². The predicted molar refractivity (Wildman–Crippen MR) is 82.1 cm³/mol. The van der Waals surface area contributed by atoms with E-state index in [-0.39, 0.29) is 18.2 Å². The number of nitrogens with one attached hydrogen (secondary N) is 1. The highest BCUT2D eigenvalue weighted by molar-refractivity contribution is 8.00. The first-order chi connectivity index (χ1) is 11.4. The first kappa shape index (κ1) is 16.0. The van der Waals surface area contributed by atoms with Gasteiger partial charge < -0.3 is 16.2 Å². The Morgan fingerprint density at radius 2 is 2.29 bits per heavy atom. The highest BCUT2D eigenvalue weighted by Crippen LogP contribution is 2.40. The normalized spacial score (nSPS) is 22.7. The largest absolute Gasteiger partial charge is 0.477 e. The molecule has 0 radical (unpaired) electrons. The minimum Gasteiger partial charge on any atom is -0.477 e. The van der Waals surface area contributed by atoms with Crippen molar-refractivity contribution in [3.8, 4) is 0 Å². The molecule has 0 saturated carbocycles. The van der Waals surface area contributed by atoms with Crippen molar-refractivity contribution >= 4 is 35.5 Å². The smallest absolute Gasteiger partial charge is 0.352 e. The highest BCUT2D eigenvalue weighted by Gasteiger charge is 2.53. The van der Waals surface area contributed by atoms with Crippen LogP contribution in [0.25, 0.3) is 0 Å². The first-order valence-electron chi connectivity index (χ1n) is 6.78. The highest BCUT2D eigenvalue weighted by atomic mass is 32.2. The number of nitrogens with zero attached hydrogens (tertiary/aromatic N) is 5. The molecule has 2 amide bonds. The number of allylic oxidation sites excluding steroid dienone is 1. The van der Waals surface area contributed by atoms with Crippen molar-refractivity contribution in [1.29, 1.82) is 0 Å². The van der Waals surface area contributed by atoms with E-state index in [4.69, 9.17) is 5.73 Å². The molecule has 2 atom stereocenters. The number of nitrogen functional groups attached to an aromatic ring is 1. The summed E-state index contributed by atoms with van der Waals surface area (Å²) >= 11 is 1.36. The number of tetrazole rings is 1. The lowest BCUT2D eigenvalue weighted by molar-refractivity contribution is -0.150. The van der Waals surface area contributed by atoms with Crippen molar-refractivity contribution in [3.05, 3.63) is 23.9 Å². The van der Waals surface area contributed by atoms with Crippen LogP contribution in [0.1, 0.15) is 0 Å². The summed E-state index contributed by atoms with van der Waals surface area (Å²) in [5.74, 6) is -1.85. The van der Waals surface area contributed by atoms with Crippen LogP contribution in [0.4, 0.5) is 5.95 Å². The number of carbonyl (C=O) groups is 3. The van der Waals surface area contributed by atoms with Crippen LogP contribution < -0.4 is 11.1 Å². The number of thioether (sulfide) groups is 1. The number of carboxylic acids is 1. The fourth-order valence-electron chi connectivity index (χ4n) is 2.47. The SMILES string of the molecule is C=CC1=C(C(=O)O)N2C(=O)C(NC(=O)Cn3nnc(N)n3)[C@H]2SC1. The van der Waals surface area contributed by atoms with Crippen LogP contribution in [0.5, 0.6) is 0 Å². The van der Waals surface area contributed by atoms with Crippen LogP contribution in [0.15, 0.2) is 23.9 Å². The zero-order valence-electron chi connectivity index (χ0n) is 12.2. The van der Waals surface area contributed by atoms with E-state index in [2.05, 4.69) is 27.3 Å². The number of rotatable bonds is 5. The molecule has 1 fully saturated rings. The maximum Gasteiger partial charge on any atom is 0.352 e. The Labute approximate surface area is 139 Å². The summed E-state index contributed by atoms with van der Waals surface area (Å²) in [5, 5.41) is 22.1.